The maximum absolute atomic E-state index is 5.94. The number of hydrogen-bond donors (Lipinski definition) is 1. The van der Waals surface area contributed by atoms with Crippen LogP contribution in [0.2, 0.25) is 0 Å². The Hall–Kier alpha value is -1.09. The maximum atomic E-state index is 5.94. The van der Waals surface area contributed by atoms with Gasteiger partial charge in [0.25, 0.3) is 0 Å². The third-order valence-electron chi connectivity index (χ3n) is 3.97. The fourth-order valence-corrected chi connectivity index (χ4v) is 2.77. The third-order valence-corrected chi connectivity index (χ3v) is 3.97. The van der Waals surface area contributed by atoms with Crippen LogP contribution in [0.25, 0.3) is 0 Å². The topological polar surface area (TPSA) is 34.2 Å². The molecule has 1 aliphatic rings. The van der Waals surface area contributed by atoms with E-state index in [9.17, 15) is 0 Å². The number of aryl methyl sites for hydroxylation is 1. The van der Waals surface area contributed by atoms with Crippen molar-refractivity contribution in [2.24, 2.45) is 5.92 Å². The number of nitrogens with one attached hydrogen (secondary N) is 1. The first-order valence-electron chi connectivity index (χ1n) is 8.15. The molecule has 1 N–H and O–H groups in total. The molecule has 0 amide bonds. The summed E-state index contributed by atoms with van der Waals surface area (Å²) in [5.41, 5.74) is 2.41. The van der Waals surface area contributed by atoms with Gasteiger partial charge in [-0.1, -0.05) is 26.7 Å². The molecule has 0 bridgehead atoms. The number of ether oxygens (including phenoxy) is 1. The Bertz CT molecular complexity index is 400. The molecule has 3 nitrogen and oxygen atoms in total. The summed E-state index contributed by atoms with van der Waals surface area (Å²) in [6.45, 7) is 7.13. The van der Waals surface area contributed by atoms with Crippen LogP contribution in [-0.4, -0.2) is 18.1 Å². The molecule has 1 saturated carbocycles. The summed E-state index contributed by atoms with van der Waals surface area (Å²) in [5.74, 6) is 1.55. The van der Waals surface area contributed by atoms with Gasteiger partial charge in [-0.15, -0.1) is 0 Å². The largest absolute Gasteiger partial charge is 0.477 e. The standard InChI is InChI=1S/C17H28N2O/c1-3-9-18-12-15-10-16(4-2)19-17(11-15)20-13-14-7-5-6-8-14/h10-11,14,18H,3-9,12-13H2,1-2H3. The van der Waals surface area contributed by atoms with Crippen LogP contribution in [0.4, 0.5) is 0 Å². The highest BCUT2D eigenvalue weighted by molar-refractivity contribution is 5.25. The lowest BCUT2D eigenvalue weighted by Gasteiger charge is -2.13. The van der Waals surface area contributed by atoms with Gasteiger partial charge >= 0.3 is 0 Å². The van der Waals surface area contributed by atoms with Crippen molar-refractivity contribution in [2.75, 3.05) is 13.2 Å². The van der Waals surface area contributed by atoms with Gasteiger partial charge in [-0.2, -0.15) is 0 Å². The van der Waals surface area contributed by atoms with Gasteiger partial charge in [0.2, 0.25) is 5.88 Å². The summed E-state index contributed by atoms with van der Waals surface area (Å²) >= 11 is 0. The van der Waals surface area contributed by atoms with Crippen LogP contribution < -0.4 is 10.1 Å². The first kappa shape index (κ1) is 15.3. The Morgan fingerprint density at radius 1 is 1.25 bits per heavy atom. The lowest BCUT2D eigenvalue weighted by atomic mass is 10.1. The summed E-state index contributed by atoms with van der Waals surface area (Å²) in [4.78, 5) is 4.59. The number of hydrogen-bond acceptors (Lipinski definition) is 3. The van der Waals surface area contributed by atoms with Crippen LogP contribution in [-0.2, 0) is 13.0 Å². The second-order valence-electron chi connectivity index (χ2n) is 5.80. The summed E-state index contributed by atoms with van der Waals surface area (Å²) in [6.07, 6.45) is 7.49. The normalized spacial score (nSPS) is 15.7. The Morgan fingerprint density at radius 2 is 2.05 bits per heavy atom. The molecular formula is C17H28N2O. The Balaban J connectivity index is 1.93. The molecule has 0 aromatic carbocycles. The van der Waals surface area contributed by atoms with Gasteiger partial charge in [-0.05, 0) is 49.8 Å². The smallest absolute Gasteiger partial charge is 0.213 e. The minimum Gasteiger partial charge on any atom is -0.477 e. The number of aromatic nitrogens is 1. The number of rotatable bonds is 8. The molecule has 112 valence electrons. The average molecular weight is 276 g/mol. The first-order chi connectivity index (χ1) is 9.81. The second kappa shape index (κ2) is 8.25. The Labute approximate surface area is 123 Å². The van der Waals surface area contributed by atoms with Crippen molar-refractivity contribution in [2.45, 2.75) is 58.9 Å². The minimum atomic E-state index is 0.740. The van der Waals surface area contributed by atoms with Crippen LogP contribution in [0.15, 0.2) is 12.1 Å². The molecule has 1 aromatic heterocycles. The maximum Gasteiger partial charge on any atom is 0.213 e. The van der Waals surface area contributed by atoms with Gasteiger partial charge in [0.15, 0.2) is 0 Å². The Kier molecular flexibility index (Phi) is 6.31. The zero-order chi connectivity index (χ0) is 14.2. The van der Waals surface area contributed by atoms with E-state index in [-0.39, 0.29) is 0 Å². The lowest BCUT2D eigenvalue weighted by Crippen LogP contribution is -2.15. The molecule has 0 atom stereocenters. The zero-order valence-electron chi connectivity index (χ0n) is 13.0. The molecule has 0 radical (unpaired) electrons. The van der Waals surface area contributed by atoms with E-state index in [2.05, 4.69) is 36.3 Å². The highest BCUT2D eigenvalue weighted by Crippen LogP contribution is 2.25. The fraction of sp³-hybridized carbons (Fsp3) is 0.706. The Morgan fingerprint density at radius 3 is 2.75 bits per heavy atom. The second-order valence-corrected chi connectivity index (χ2v) is 5.80. The van der Waals surface area contributed by atoms with Gasteiger partial charge in [0, 0.05) is 18.3 Å². The molecule has 20 heavy (non-hydrogen) atoms. The van der Waals surface area contributed by atoms with Gasteiger partial charge in [0.1, 0.15) is 0 Å². The van der Waals surface area contributed by atoms with Crippen LogP contribution >= 0.6 is 0 Å². The number of pyridine rings is 1. The van der Waals surface area contributed by atoms with Crippen LogP contribution in [0.1, 0.15) is 57.2 Å². The number of nitrogens with zero attached hydrogens (tertiary/aromatic N) is 1. The molecule has 0 spiro atoms. The molecule has 3 heteroatoms. The fourth-order valence-electron chi connectivity index (χ4n) is 2.77. The van der Waals surface area contributed by atoms with E-state index < -0.39 is 0 Å². The molecule has 2 rings (SSSR count). The van der Waals surface area contributed by atoms with Crippen LogP contribution in [0.3, 0.4) is 0 Å². The van der Waals surface area contributed by atoms with E-state index in [0.29, 0.717) is 0 Å². The molecular weight excluding hydrogens is 248 g/mol. The summed E-state index contributed by atoms with van der Waals surface area (Å²) < 4.78 is 5.94. The minimum absolute atomic E-state index is 0.740. The van der Waals surface area contributed by atoms with Crippen molar-refractivity contribution < 1.29 is 4.74 Å². The quantitative estimate of drug-likeness (QED) is 0.735. The van der Waals surface area contributed by atoms with E-state index >= 15 is 0 Å². The van der Waals surface area contributed by atoms with Crippen LogP contribution in [0.5, 0.6) is 5.88 Å². The van der Waals surface area contributed by atoms with Crippen molar-refractivity contribution in [3.8, 4) is 5.88 Å². The van der Waals surface area contributed by atoms with Gasteiger partial charge < -0.3 is 10.1 Å². The van der Waals surface area contributed by atoms with Crippen molar-refractivity contribution in [1.29, 1.82) is 0 Å². The van der Waals surface area contributed by atoms with E-state index in [1.54, 1.807) is 0 Å². The van der Waals surface area contributed by atoms with Crippen molar-refractivity contribution in [3.63, 3.8) is 0 Å². The predicted octanol–water partition coefficient (Wildman–Crippen LogP) is 3.71. The van der Waals surface area contributed by atoms with Gasteiger partial charge in [-0.3, -0.25) is 0 Å². The summed E-state index contributed by atoms with van der Waals surface area (Å²) in [6, 6.07) is 4.28. The average Bonchev–Trinajstić information content (AvgIpc) is 2.98. The molecule has 0 saturated heterocycles. The summed E-state index contributed by atoms with van der Waals surface area (Å²) in [5, 5.41) is 3.44. The third kappa shape index (κ3) is 4.78. The zero-order valence-corrected chi connectivity index (χ0v) is 13.0. The molecule has 1 fully saturated rings. The van der Waals surface area contributed by atoms with Crippen molar-refractivity contribution >= 4 is 0 Å². The molecule has 1 aliphatic carbocycles. The molecule has 1 heterocycles. The summed E-state index contributed by atoms with van der Waals surface area (Å²) in [7, 11) is 0. The first-order valence-corrected chi connectivity index (χ1v) is 8.15. The molecule has 1 aromatic rings. The monoisotopic (exact) mass is 276 g/mol. The SMILES string of the molecule is CCCNCc1cc(CC)nc(OCC2CCCC2)c1. The highest BCUT2D eigenvalue weighted by atomic mass is 16.5. The van der Waals surface area contributed by atoms with E-state index in [1.165, 1.54) is 31.2 Å². The molecule has 0 unspecified atom stereocenters. The highest BCUT2D eigenvalue weighted by Gasteiger charge is 2.16. The van der Waals surface area contributed by atoms with Crippen molar-refractivity contribution in [3.05, 3.63) is 23.4 Å². The van der Waals surface area contributed by atoms with E-state index in [4.69, 9.17) is 4.74 Å². The van der Waals surface area contributed by atoms with Crippen molar-refractivity contribution in [1.82, 2.24) is 10.3 Å². The predicted molar refractivity (Wildman–Crippen MR) is 83.1 cm³/mol. The van der Waals surface area contributed by atoms with E-state index in [0.717, 1.165) is 50.0 Å². The van der Waals surface area contributed by atoms with Gasteiger partial charge in [0.05, 0.1) is 6.61 Å². The van der Waals surface area contributed by atoms with Crippen LogP contribution in [0, 0.1) is 5.92 Å². The van der Waals surface area contributed by atoms with Gasteiger partial charge in [-0.25, -0.2) is 4.98 Å². The lowest BCUT2D eigenvalue weighted by molar-refractivity contribution is 0.243. The molecule has 0 aliphatic heterocycles. The van der Waals surface area contributed by atoms with E-state index in [1.807, 2.05) is 0 Å².